The third-order valence-corrected chi connectivity index (χ3v) is 2.82. The van der Waals surface area contributed by atoms with E-state index in [2.05, 4.69) is 18.7 Å². The first-order chi connectivity index (χ1) is 7.72. The Labute approximate surface area is 98.5 Å². The highest BCUT2D eigenvalue weighted by Gasteiger charge is 2.18. The van der Waals surface area contributed by atoms with Gasteiger partial charge in [-0.3, -0.25) is 4.90 Å². The van der Waals surface area contributed by atoms with Crippen molar-refractivity contribution >= 4 is 0 Å². The van der Waals surface area contributed by atoms with Gasteiger partial charge in [0.1, 0.15) is 0 Å². The van der Waals surface area contributed by atoms with Crippen molar-refractivity contribution in [1.82, 2.24) is 4.90 Å². The fraction of sp³-hybridized carbons (Fsp3) is 1.00. The van der Waals surface area contributed by atoms with Crippen LogP contribution >= 0.6 is 0 Å². The number of hydrogen-bond donors (Lipinski definition) is 1. The average Bonchev–Trinajstić information content (AvgIpc) is 2.28. The van der Waals surface area contributed by atoms with Gasteiger partial charge in [0.25, 0.3) is 0 Å². The Morgan fingerprint density at radius 1 is 1.44 bits per heavy atom. The zero-order valence-corrected chi connectivity index (χ0v) is 10.5. The highest BCUT2D eigenvalue weighted by Crippen LogP contribution is 2.04. The van der Waals surface area contributed by atoms with E-state index >= 15 is 0 Å². The van der Waals surface area contributed by atoms with Crippen LogP contribution in [0, 0.1) is 5.92 Å². The first kappa shape index (κ1) is 13.9. The highest BCUT2D eigenvalue weighted by atomic mass is 16.5. The molecule has 4 nitrogen and oxygen atoms in total. The molecule has 1 aliphatic heterocycles. The van der Waals surface area contributed by atoms with Crippen LogP contribution < -0.4 is 0 Å². The number of aliphatic hydroxyl groups excluding tert-OH is 1. The summed E-state index contributed by atoms with van der Waals surface area (Å²) in [4.78, 5) is 2.29. The molecule has 1 fully saturated rings. The van der Waals surface area contributed by atoms with Crippen LogP contribution in [0.25, 0.3) is 0 Å². The molecule has 16 heavy (non-hydrogen) atoms. The van der Waals surface area contributed by atoms with E-state index in [1.807, 2.05) is 0 Å². The summed E-state index contributed by atoms with van der Waals surface area (Å²) in [5.74, 6) is 0.710. The normalized spacial score (nSPS) is 22.9. The molecule has 0 aromatic heterocycles. The molecule has 1 N–H and O–H groups in total. The molecule has 1 atom stereocenters. The quantitative estimate of drug-likeness (QED) is 0.656. The number of ether oxygens (including phenoxy) is 2. The minimum absolute atomic E-state index is 0.00980. The van der Waals surface area contributed by atoms with Crippen LogP contribution in [-0.2, 0) is 9.47 Å². The van der Waals surface area contributed by atoms with E-state index in [0.29, 0.717) is 5.92 Å². The van der Waals surface area contributed by atoms with Crippen LogP contribution in [0.5, 0.6) is 0 Å². The lowest BCUT2D eigenvalue weighted by Crippen LogP contribution is -2.45. The molecular formula is C12H25NO3. The zero-order valence-electron chi connectivity index (χ0n) is 10.5. The van der Waals surface area contributed by atoms with Crippen LogP contribution in [0.2, 0.25) is 0 Å². The number of rotatable bonds is 7. The Balaban J connectivity index is 1.99. The SMILES string of the molecule is CC(C)CCOCCN1CCOC(CO)C1. The fourth-order valence-electron chi connectivity index (χ4n) is 1.71. The monoisotopic (exact) mass is 231 g/mol. The van der Waals surface area contributed by atoms with Crippen LogP contribution in [-0.4, -0.2) is 62.2 Å². The van der Waals surface area contributed by atoms with Gasteiger partial charge in [0.05, 0.1) is 25.9 Å². The van der Waals surface area contributed by atoms with Crippen molar-refractivity contribution in [1.29, 1.82) is 0 Å². The second-order valence-electron chi connectivity index (χ2n) is 4.77. The van der Waals surface area contributed by atoms with Crippen LogP contribution in [0.1, 0.15) is 20.3 Å². The van der Waals surface area contributed by atoms with E-state index in [1.165, 1.54) is 0 Å². The van der Waals surface area contributed by atoms with Crippen molar-refractivity contribution in [2.75, 3.05) is 46.1 Å². The van der Waals surface area contributed by atoms with Crippen LogP contribution in [0.3, 0.4) is 0 Å². The van der Waals surface area contributed by atoms with Gasteiger partial charge in [-0.15, -0.1) is 0 Å². The van der Waals surface area contributed by atoms with E-state index in [9.17, 15) is 0 Å². The van der Waals surface area contributed by atoms with Gasteiger partial charge in [-0.25, -0.2) is 0 Å². The maximum absolute atomic E-state index is 9.00. The smallest absolute Gasteiger partial charge is 0.0932 e. The first-order valence-corrected chi connectivity index (χ1v) is 6.25. The summed E-state index contributed by atoms with van der Waals surface area (Å²) in [6, 6.07) is 0. The summed E-state index contributed by atoms with van der Waals surface area (Å²) in [5.41, 5.74) is 0. The molecule has 0 saturated carbocycles. The van der Waals surface area contributed by atoms with Gasteiger partial charge >= 0.3 is 0 Å². The van der Waals surface area contributed by atoms with Gasteiger partial charge in [-0.05, 0) is 12.3 Å². The molecule has 1 aliphatic rings. The zero-order chi connectivity index (χ0) is 11.8. The van der Waals surface area contributed by atoms with E-state index in [0.717, 1.165) is 45.9 Å². The van der Waals surface area contributed by atoms with Gasteiger partial charge < -0.3 is 14.6 Å². The maximum Gasteiger partial charge on any atom is 0.0932 e. The summed E-state index contributed by atoms with van der Waals surface area (Å²) < 4.78 is 11.0. The third-order valence-electron chi connectivity index (χ3n) is 2.82. The molecule has 0 spiro atoms. The van der Waals surface area contributed by atoms with Crippen molar-refractivity contribution in [2.24, 2.45) is 5.92 Å². The molecule has 1 saturated heterocycles. The number of hydrogen-bond acceptors (Lipinski definition) is 4. The summed E-state index contributed by atoms with van der Waals surface area (Å²) in [6.45, 7) is 9.60. The average molecular weight is 231 g/mol. The number of nitrogens with zero attached hydrogens (tertiary/aromatic N) is 1. The van der Waals surface area contributed by atoms with Gasteiger partial charge in [-0.1, -0.05) is 13.8 Å². The molecule has 0 aromatic carbocycles. The Kier molecular flexibility index (Phi) is 6.96. The van der Waals surface area contributed by atoms with Gasteiger partial charge in [0, 0.05) is 26.2 Å². The Bertz CT molecular complexity index is 176. The van der Waals surface area contributed by atoms with E-state index < -0.39 is 0 Å². The summed E-state index contributed by atoms with van der Waals surface area (Å²) >= 11 is 0. The van der Waals surface area contributed by atoms with E-state index in [-0.39, 0.29) is 12.7 Å². The standard InChI is InChI=1S/C12H25NO3/c1-11(2)3-6-15-7-4-13-5-8-16-12(9-13)10-14/h11-12,14H,3-10H2,1-2H3. The van der Waals surface area contributed by atoms with Crippen molar-refractivity contribution in [3.05, 3.63) is 0 Å². The highest BCUT2D eigenvalue weighted by molar-refractivity contribution is 4.70. The molecule has 0 aliphatic carbocycles. The van der Waals surface area contributed by atoms with E-state index in [1.54, 1.807) is 0 Å². The minimum atomic E-state index is -0.00980. The predicted molar refractivity (Wildman–Crippen MR) is 63.5 cm³/mol. The molecule has 96 valence electrons. The lowest BCUT2D eigenvalue weighted by molar-refractivity contribution is -0.0582. The molecule has 0 radical (unpaired) electrons. The van der Waals surface area contributed by atoms with Gasteiger partial charge in [-0.2, -0.15) is 0 Å². The largest absolute Gasteiger partial charge is 0.394 e. The van der Waals surface area contributed by atoms with Crippen molar-refractivity contribution in [2.45, 2.75) is 26.4 Å². The van der Waals surface area contributed by atoms with E-state index in [4.69, 9.17) is 14.6 Å². The Morgan fingerprint density at radius 3 is 2.94 bits per heavy atom. The predicted octanol–water partition coefficient (Wildman–Crippen LogP) is 0.742. The second kappa shape index (κ2) is 8.01. The number of aliphatic hydroxyl groups is 1. The lowest BCUT2D eigenvalue weighted by Gasteiger charge is -2.31. The maximum atomic E-state index is 9.00. The lowest BCUT2D eigenvalue weighted by atomic mass is 10.1. The second-order valence-corrected chi connectivity index (χ2v) is 4.77. The summed E-state index contributed by atoms with van der Waals surface area (Å²) in [5, 5.41) is 9.00. The minimum Gasteiger partial charge on any atom is -0.394 e. The Morgan fingerprint density at radius 2 is 2.25 bits per heavy atom. The van der Waals surface area contributed by atoms with Crippen molar-refractivity contribution in [3.63, 3.8) is 0 Å². The summed E-state index contributed by atoms with van der Waals surface area (Å²) in [6.07, 6.45) is 1.12. The number of morpholine rings is 1. The molecule has 1 unspecified atom stereocenters. The van der Waals surface area contributed by atoms with Crippen molar-refractivity contribution in [3.8, 4) is 0 Å². The fourth-order valence-corrected chi connectivity index (χ4v) is 1.71. The van der Waals surface area contributed by atoms with Crippen LogP contribution in [0.15, 0.2) is 0 Å². The Hall–Kier alpha value is -0.160. The molecule has 4 heteroatoms. The topological polar surface area (TPSA) is 41.9 Å². The van der Waals surface area contributed by atoms with Gasteiger partial charge in [0.2, 0.25) is 0 Å². The summed E-state index contributed by atoms with van der Waals surface area (Å²) in [7, 11) is 0. The van der Waals surface area contributed by atoms with Gasteiger partial charge in [0.15, 0.2) is 0 Å². The third kappa shape index (κ3) is 5.80. The molecular weight excluding hydrogens is 206 g/mol. The first-order valence-electron chi connectivity index (χ1n) is 6.25. The molecule has 1 rings (SSSR count). The molecule has 0 aromatic rings. The molecule has 1 heterocycles. The van der Waals surface area contributed by atoms with Crippen LogP contribution in [0.4, 0.5) is 0 Å². The van der Waals surface area contributed by atoms with Crippen molar-refractivity contribution < 1.29 is 14.6 Å². The molecule has 0 amide bonds. The molecule has 0 bridgehead atoms.